The summed E-state index contributed by atoms with van der Waals surface area (Å²) < 4.78 is 0. The molecular formula is C43H82N2O3. The summed E-state index contributed by atoms with van der Waals surface area (Å²) in [6, 6.07) is -0.778. The Morgan fingerprint density at radius 2 is 0.875 bits per heavy atom. The van der Waals surface area contributed by atoms with Gasteiger partial charge >= 0.3 is 0 Å². The molecule has 0 aliphatic rings. The van der Waals surface area contributed by atoms with Crippen LogP contribution in [0.25, 0.3) is 0 Å². The fraction of sp³-hybridized carbons (Fsp3) is 0.860. The van der Waals surface area contributed by atoms with Crippen molar-refractivity contribution in [3.8, 4) is 0 Å². The Bertz CT molecular complexity index is 763. The van der Waals surface area contributed by atoms with Crippen LogP contribution in [-0.4, -0.2) is 60.9 Å². The average Bonchev–Trinajstić information content (AvgIpc) is 3.07. The lowest BCUT2D eigenvalue weighted by Crippen LogP contribution is -2.50. The SMILES string of the molecule is CCCCCCCC/C=C\CCCCCCCC(=O)C(O)C(NCCCN(C)C)C(=O)CCCCCCC/C=C\CCCCCCCC. The number of allylic oxidation sites excluding steroid dienone is 4. The molecule has 0 bridgehead atoms. The van der Waals surface area contributed by atoms with Crippen LogP contribution in [0.2, 0.25) is 0 Å². The monoisotopic (exact) mass is 675 g/mol. The molecule has 0 radical (unpaired) electrons. The van der Waals surface area contributed by atoms with Gasteiger partial charge in [-0.15, -0.1) is 0 Å². The number of hydrogen-bond acceptors (Lipinski definition) is 5. The maximum absolute atomic E-state index is 13.2. The van der Waals surface area contributed by atoms with E-state index in [1.54, 1.807) is 0 Å². The second-order valence-corrected chi connectivity index (χ2v) is 14.6. The van der Waals surface area contributed by atoms with Crippen molar-refractivity contribution < 1.29 is 14.7 Å². The maximum Gasteiger partial charge on any atom is 0.163 e. The Morgan fingerprint density at radius 1 is 0.521 bits per heavy atom. The Hall–Kier alpha value is -1.30. The molecule has 0 aromatic heterocycles. The Morgan fingerprint density at radius 3 is 1.27 bits per heavy atom. The van der Waals surface area contributed by atoms with E-state index in [-0.39, 0.29) is 11.6 Å². The highest BCUT2D eigenvalue weighted by molar-refractivity contribution is 5.93. The van der Waals surface area contributed by atoms with E-state index in [0.29, 0.717) is 19.4 Å². The quantitative estimate of drug-likeness (QED) is 0.0504. The minimum atomic E-state index is -1.24. The van der Waals surface area contributed by atoms with Gasteiger partial charge in [0.1, 0.15) is 6.10 Å². The van der Waals surface area contributed by atoms with Gasteiger partial charge in [-0.2, -0.15) is 0 Å². The van der Waals surface area contributed by atoms with Crippen molar-refractivity contribution in [3.05, 3.63) is 24.3 Å². The molecule has 2 atom stereocenters. The lowest BCUT2D eigenvalue weighted by atomic mass is 9.95. The van der Waals surface area contributed by atoms with Crippen molar-refractivity contribution in [1.29, 1.82) is 0 Å². The number of aliphatic hydroxyl groups is 1. The molecule has 282 valence electrons. The largest absolute Gasteiger partial charge is 0.383 e. The second kappa shape index (κ2) is 37.0. The van der Waals surface area contributed by atoms with Crippen molar-refractivity contribution in [3.63, 3.8) is 0 Å². The number of ketones is 2. The van der Waals surface area contributed by atoms with Crippen molar-refractivity contribution in [2.75, 3.05) is 27.2 Å². The van der Waals surface area contributed by atoms with Crippen LogP contribution in [0, 0.1) is 0 Å². The summed E-state index contributed by atoms with van der Waals surface area (Å²) in [6.45, 7) is 6.06. The molecule has 0 fully saturated rings. The minimum absolute atomic E-state index is 0.0112. The number of hydrogen-bond donors (Lipinski definition) is 2. The van der Waals surface area contributed by atoms with Crippen LogP contribution in [0.15, 0.2) is 24.3 Å². The summed E-state index contributed by atoms with van der Waals surface area (Å²) in [5, 5.41) is 14.2. The number of nitrogens with zero attached hydrogens (tertiary/aromatic N) is 1. The van der Waals surface area contributed by atoms with Gasteiger partial charge in [-0.3, -0.25) is 9.59 Å². The number of aliphatic hydroxyl groups excluding tert-OH is 1. The summed E-state index contributed by atoms with van der Waals surface area (Å²) in [5.74, 6) is -0.196. The highest BCUT2D eigenvalue weighted by atomic mass is 16.3. The third-order valence-corrected chi connectivity index (χ3v) is 9.51. The fourth-order valence-electron chi connectivity index (χ4n) is 6.28. The number of unbranched alkanes of at least 4 members (excludes halogenated alkanes) is 22. The van der Waals surface area contributed by atoms with Gasteiger partial charge in [0.25, 0.3) is 0 Å². The van der Waals surface area contributed by atoms with E-state index >= 15 is 0 Å². The Kier molecular flexibility index (Phi) is 36.0. The summed E-state index contributed by atoms with van der Waals surface area (Å²) in [7, 11) is 4.06. The molecule has 0 heterocycles. The van der Waals surface area contributed by atoms with Gasteiger partial charge in [0, 0.05) is 12.8 Å². The topological polar surface area (TPSA) is 69.6 Å². The third-order valence-electron chi connectivity index (χ3n) is 9.51. The zero-order chi connectivity index (χ0) is 35.3. The smallest absolute Gasteiger partial charge is 0.163 e. The molecule has 0 aliphatic carbocycles. The van der Waals surface area contributed by atoms with Crippen molar-refractivity contribution in [2.45, 2.75) is 212 Å². The van der Waals surface area contributed by atoms with Gasteiger partial charge in [0.15, 0.2) is 11.6 Å². The van der Waals surface area contributed by atoms with Crippen molar-refractivity contribution in [1.82, 2.24) is 10.2 Å². The van der Waals surface area contributed by atoms with Gasteiger partial charge in [0.2, 0.25) is 0 Å². The van der Waals surface area contributed by atoms with Crippen LogP contribution in [-0.2, 0) is 9.59 Å². The van der Waals surface area contributed by atoms with E-state index in [4.69, 9.17) is 0 Å². The molecule has 5 heteroatoms. The van der Waals surface area contributed by atoms with Gasteiger partial charge < -0.3 is 15.3 Å². The molecule has 0 aromatic carbocycles. The van der Waals surface area contributed by atoms with Gasteiger partial charge in [-0.05, 0) is 97.8 Å². The van der Waals surface area contributed by atoms with Crippen LogP contribution in [0.5, 0.6) is 0 Å². The Balaban J connectivity index is 4.19. The number of carbonyl (C=O) groups is 2. The van der Waals surface area contributed by atoms with E-state index in [0.717, 1.165) is 64.3 Å². The van der Waals surface area contributed by atoms with Gasteiger partial charge in [0.05, 0.1) is 6.04 Å². The van der Waals surface area contributed by atoms with Crippen molar-refractivity contribution >= 4 is 11.6 Å². The van der Waals surface area contributed by atoms with E-state index in [1.165, 1.54) is 116 Å². The molecule has 5 nitrogen and oxygen atoms in total. The number of Topliss-reactive ketones (excluding diaryl/α,β-unsaturated/α-hetero) is 2. The zero-order valence-corrected chi connectivity index (χ0v) is 32.6. The first kappa shape index (κ1) is 46.7. The molecule has 2 unspecified atom stereocenters. The number of rotatable bonds is 38. The minimum Gasteiger partial charge on any atom is -0.383 e. The highest BCUT2D eigenvalue weighted by Gasteiger charge is 2.30. The molecular weight excluding hydrogens is 592 g/mol. The fourth-order valence-corrected chi connectivity index (χ4v) is 6.28. The standard InChI is InChI=1S/C43H82N2O3/c1-5-7-9-11-13-15-17-19-21-23-25-27-29-31-33-36-40(46)42(44-38-35-39-45(3)4)43(48)41(47)37-34-32-30-28-26-24-22-20-18-16-14-12-10-8-6-2/h19-22,42-44,48H,5-18,23-39H2,1-4H3/b21-19-,22-20-. The predicted molar refractivity (Wildman–Crippen MR) is 210 cm³/mol. The lowest BCUT2D eigenvalue weighted by molar-refractivity contribution is -0.135. The second-order valence-electron chi connectivity index (χ2n) is 14.6. The maximum atomic E-state index is 13.2. The van der Waals surface area contributed by atoms with Crippen LogP contribution in [0.4, 0.5) is 0 Å². The van der Waals surface area contributed by atoms with Crippen molar-refractivity contribution in [2.24, 2.45) is 0 Å². The molecule has 2 N–H and O–H groups in total. The summed E-state index contributed by atoms with van der Waals surface area (Å²) in [4.78, 5) is 28.2. The molecule has 0 spiro atoms. The normalized spacial score (nSPS) is 13.3. The molecule has 0 amide bonds. The lowest BCUT2D eigenvalue weighted by Gasteiger charge is -2.23. The predicted octanol–water partition coefficient (Wildman–Crippen LogP) is 11.5. The first-order chi connectivity index (χ1) is 23.4. The molecule has 0 aromatic rings. The molecule has 48 heavy (non-hydrogen) atoms. The molecule has 0 aliphatic heterocycles. The average molecular weight is 675 g/mol. The number of carbonyl (C=O) groups excluding carboxylic acids is 2. The Labute approximate surface area is 299 Å². The molecule has 0 saturated heterocycles. The van der Waals surface area contributed by atoms with Gasteiger partial charge in [-0.25, -0.2) is 0 Å². The van der Waals surface area contributed by atoms with Crippen LogP contribution in [0.1, 0.15) is 200 Å². The van der Waals surface area contributed by atoms with E-state index in [1.807, 2.05) is 14.1 Å². The first-order valence-corrected chi connectivity index (χ1v) is 20.9. The van der Waals surface area contributed by atoms with Crippen LogP contribution < -0.4 is 5.32 Å². The highest BCUT2D eigenvalue weighted by Crippen LogP contribution is 2.14. The summed E-state index contributed by atoms with van der Waals surface area (Å²) in [6.07, 6.45) is 41.5. The van der Waals surface area contributed by atoms with E-state index in [9.17, 15) is 14.7 Å². The van der Waals surface area contributed by atoms with E-state index < -0.39 is 12.1 Å². The van der Waals surface area contributed by atoms with E-state index in [2.05, 4.69) is 48.4 Å². The third kappa shape index (κ3) is 31.9. The summed E-state index contributed by atoms with van der Waals surface area (Å²) >= 11 is 0. The number of nitrogens with one attached hydrogen (secondary N) is 1. The van der Waals surface area contributed by atoms with Gasteiger partial charge in [-0.1, -0.05) is 141 Å². The molecule has 0 rings (SSSR count). The van der Waals surface area contributed by atoms with Crippen LogP contribution in [0.3, 0.4) is 0 Å². The molecule has 0 saturated carbocycles. The first-order valence-electron chi connectivity index (χ1n) is 20.9. The summed E-state index contributed by atoms with van der Waals surface area (Å²) in [5.41, 5.74) is 0. The zero-order valence-electron chi connectivity index (χ0n) is 32.6. The van der Waals surface area contributed by atoms with Crippen LogP contribution >= 0.6 is 0 Å².